The van der Waals surface area contributed by atoms with Crippen molar-refractivity contribution in [2.24, 2.45) is 0 Å². The molecule has 0 atom stereocenters. The van der Waals surface area contributed by atoms with E-state index in [0.29, 0.717) is 6.10 Å². The molecule has 1 aliphatic rings. The van der Waals surface area contributed by atoms with Gasteiger partial charge in [-0.15, -0.1) is 0 Å². The van der Waals surface area contributed by atoms with Gasteiger partial charge in [-0.25, -0.2) is 0 Å². The number of ether oxygens (including phenoxy) is 1. The molecule has 1 aromatic rings. The molecule has 0 aliphatic heterocycles. The van der Waals surface area contributed by atoms with Crippen molar-refractivity contribution < 1.29 is 4.74 Å². The zero-order valence-electron chi connectivity index (χ0n) is 11.3. The van der Waals surface area contributed by atoms with Crippen LogP contribution in [0.25, 0.3) is 0 Å². The summed E-state index contributed by atoms with van der Waals surface area (Å²) in [7, 11) is 0. The lowest BCUT2D eigenvalue weighted by Gasteiger charge is -2.29. The molecule has 1 saturated carbocycles. The van der Waals surface area contributed by atoms with Crippen molar-refractivity contribution in [2.75, 3.05) is 13.2 Å². The van der Waals surface area contributed by atoms with Gasteiger partial charge < -0.3 is 10.1 Å². The average molecular weight is 248 g/mol. The Labute approximate surface area is 110 Å². The third kappa shape index (κ3) is 4.39. The normalized spacial score (nSPS) is 24.1. The van der Waals surface area contributed by atoms with E-state index in [-0.39, 0.29) is 0 Å². The molecule has 2 rings (SSSR count). The van der Waals surface area contributed by atoms with Gasteiger partial charge in [0.05, 0.1) is 12.7 Å². The summed E-state index contributed by atoms with van der Waals surface area (Å²) in [5.41, 5.74) is 1.31. The molecule has 0 radical (unpaired) electrons. The van der Waals surface area contributed by atoms with E-state index in [0.717, 1.165) is 25.6 Å². The van der Waals surface area contributed by atoms with Gasteiger partial charge in [-0.2, -0.15) is 0 Å². The Bertz CT molecular complexity index is 321. The molecule has 0 amide bonds. The quantitative estimate of drug-likeness (QED) is 0.840. The van der Waals surface area contributed by atoms with Crippen LogP contribution in [0.2, 0.25) is 0 Å². The average Bonchev–Trinajstić information content (AvgIpc) is 2.42. The zero-order chi connectivity index (χ0) is 12.6. The molecule has 0 spiro atoms. The summed E-state index contributed by atoms with van der Waals surface area (Å²) in [6.07, 6.45) is 10.1. The van der Waals surface area contributed by atoms with Crippen molar-refractivity contribution in [2.45, 2.75) is 51.2 Å². The lowest BCUT2D eigenvalue weighted by molar-refractivity contribution is 0.0244. The molecule has 0 saturated heterocycles. The van der Waals surface area contributed by atoms with Crippen LogP contribution in [0.3, 0.4) is 0 Å². The number of hydrogen-bond acceptors (Lipinski definition) is 3. The standard InChI is InChI=1S/C15H24N2O/c1-2-17-14-3-5-15(6-4-14)18-12-9-13-7-10-16-11-8-13/h7-8,10-11,14-15,17H,2-6,9,12H2,1H3. The highest BCUT2D eigenvalue weighted by Crippen LogP contribution is 2.21. The highest BCUT2D eigenvalue weighted by atomic mass is 16.5. The molecule has 0 bridgehead atoms. The predicted octanol–water partition coefficient (Wildman–Crippen LogP) is 2.56. The minimum absolute atomic E-state index is 0.474. The Morgan fingerprint density at radius 1 is 1.22 bits per heavy atom. The molecule has 1 heterocycles. The van der Waals surface area contributed by atoms with E-state index in [1.807, 2.05) is 12.4 Å². The maximum absolute atomic E-state index is 5.97. The highest BCUT2D eigenvalue weighted by Gasteiger charge is 2.20. The second-order valence-corrected chi connectivity index (χ2v) is 5.01. The van der Waals surface area contributed by atoms with E-state index < -0.39 is 0 Å². The van der Waals surface area contributed by atoms with Gasteiger partial charge in [0.15, 0.2) is 0 Å². The van der Waals surface area contributed by atoms with E-state index >= 15 is 0 Å². The summed E-state index contributed by atoms with van der Waals surface area (Å²) < 4.78 is 5.97. The fourth-order valence-electron chi connectivity index (χ4n) is 2.62. The van der Waals surface area contributed by atoms with E-state index in [1.165, 1.54) is 31.2 Å². The molecule has 3 heteroatoms. The molecule has 1 fully saturated rings. The summed E-state index contributed by atoms with van der Waals surface area (Å²) in [6.45, 7) is 4.09. The lowest BCUT2D eigenvalue weighted by Crippen LogP contribution is -2.35. The fourth-order valence-corrected chi connectivity index (χ4v) is 2.62. The molecule has 1 aliphatic carbocycles. The molecule has 0 aromatic carbocycles. The molecular weight excluding hydrogens is 224 g/mol. The maximum atomic E-state index is 5.97. The van der Waals surface area contributed by atoms with Gasteiger partial charge >= 0.3 is 0 Å². The Balaban J connectivity index is 1.61. The fraction of sp³-hybridized carbons (Fsp3) is 0.667. The van der Waals surface area contributed by atoms with E-state index in [1.54, 1.807) is 0 Å². The topological polar surface area (TPSA) is 34.1 Å². The van der Waals surface area contributed by atoms with Gasteiger partial charge in [-0.05, 0) is 56.3 Å². The Morgan fingerprint density at radius 2 is 1.94 bits per heavy atom. The van der Waals surface area contributed by atoms with Gasteiger partial charge in [-0.1, -0.05) is 6.92 Å². The number of nitrogens with zero attached hydrogens (tertiary/aromatic N) is 1. The number of aromatic nitrogens is 1. The zero-order valence-corrected chi connectivity index (χ0v) is 11.3. The van der Waals surface area contributed by atoms with Gasteiger partial charge in [0.25, 0.3) is 0 Å². The Hall–Kier alpha value is -0.930. The summed E-state index contributed by atoms with van der Waals surface area (Å²) in [4.78, 5) is 4.02. The molecule has 18 heavy (non-hydrogen) atoms. The van der Waals surface area contributed by atoms with Crippen molar-refractivity contribution in [1.82, 2.24) is 10.3 Å². The van der Waals surface area contributed by atoms with Gasteiger partial charge in [-0.3, -0.25) is 4.98 Å². The molecule has 1 aromatic heterocycles. The summed E-state index contributed by atoms with van der Waals surface area (Å²) in [6, 6.07) is 4.84. The minimum atomic E-state index is 0.474. The number of pyridine rings is 1. The Kier molecular flexibility index (Phi) is 5.62. The van der Waals surface area contributed by atoms with Crippen LogP contribution in [0.5, 0.6) is 0 Å². The summed E-state index contributed by atoms with van der Waals surface area (Å²) in [5, 5.41) is 3.52. The third-order valence-electron chi connectivity index (χ3n) is 3.66. The molecule has 3 nitrogen and oxygen atoms in total. The van der Waals surface area contributed by atoms with Gasteiger partial charge in [0.2, 0.25) is 0 Å². The molecule has 1 N–H and O–H groups in total. The second-order valence-electron chi connectivity index (χ2n) is 5.01. The van der Waals surface area contributed by atoms with Crippen LogP contribution in [0, 0.1) is 0 Å². The van der Waals surface area contributed by atoms with Gasteiger partial charge in [0.1, 0.15) is 0 Å². The van der Waals surface area contributed by atoms with Crippen molar-refractivity contribution in [3.8, 4) is 0 Å². The first-order chi connectivity index (χ1) is 8.88. The van der Waals surface area contributed by atoms with Crippen molar-refractivity contribution >= 4 is 0 Å². The summed E-state index contributed by atoms with van der Waals surface area (Å²) >= 11 is 0. The Morgan fingerprint density at radius 3 is 2.61 bits per heavy atom. The molecule has 100 valence electrons. The first kappa shape index (κ1) is 13.5. The number of rotatable bonds is 6. The first-order valence-corrected chi connectivity index (χ1v) is 7.12. The van der Waals surface area contributed by atoms with Gasteiger partial charge in [0, 0.05) is 18.4 Å². The van der Waals surface area contributed by atoms with Crippen molar-refractivity contribution in [1.29, 1.82) is 0 Å². The monoisotopic (exact) mass is 248 g/mol. The first-order valence-electron chi connectivity index (χ1n) is 7.12. The molecular formula is C15H24N2O. The molecule has 0 unspecified atom stereocenters. The third-order valence-corrected chi connectivity index (χ3v) is 3.66. The van der Waals surface area contributed by atoms with Crippen molar-refractivity contribution in [3.63, 3.8) is 0 Å². The van der Waals surface area contributed by atoms with Crippen LogP contribution in [0.1, 0.15) is 38.2 Å². The van der Waals surface area contributed by atoms with Crippen LogP contribution >= 0.6 is 0 Å². The lowest BCUT2D eigenvalue weighted by atomic mass is 9.93. The largest absolute Gasteiger partial charge is 0.378 e. The van der Waals surface area contributed by atoms with Crippen LogP contribution in [0.4, 0.5) is 0 Å². The van der Waals surface area contributed by atoms with E-state index in [9.17, 15) is 0 Å². The van der Waals surface area contributed by atoms with Crippen molar-refractivity contribution in [3.05, 3.63) is 30.1 Å². The van der Waals surface area contributed by atoms with Crippen LogP contribution in [0.15, 0.2) is 24.5 Å². The SMILES string of the molecule is CCNC1CCC(OCCc2ccncc2)CC1. The maximum Gasteiger partial charge on any atom is 0.0576 e. The van der Waals surface area contributed by atoms with Crippen LogP contribution in [-0.4, -0.2) is 30.3 Å². The second kappa shape index (κ2) is 7.49. The highest BCUT2D eigenvalue weighted by molar-refractivity contribution is 5.09. The van der Waals surface area contributed by atoms with Crippen LogP contribution < -0.4 is 5.32 Å². The van der Waals surface area contributed by atoms with Crippen LogP contribution in [-0.2, 0) is 11.2 Å². The predicted molar refractivity (Wildman–Crippen MR) is 73.6 cm³/mol. The van der Waals surface area contributed by atoms with E-state index in [2.05, 4.69) is 29.4 Å². The minimum Gasteiger partial charge on any atom is -0.378 e. The number of hydrogen-bond donors (Lipinski definition) is 1. The van der Waals surface area contributed by atoms with E-state index in [4.69, 9.17) is 4.74 Å². The number of nitrogens with one attached hydrogen (secondary N) is 1. The summed E-state index contributed by atoms with van der Waals surface area (Å²) in [5.74, 6) is 0. The smallest absolute Gasteiger partial charge is 0.0576 e.